The third kappa shape index (κ3) is 3.34. The van der Waals surface area contributed by atoms with Gasteiger partial charge in [0.15, 0.2) is 0 Å². The van der Waals surface area contributed by atoms with Crippen LogP contribution >= 0.6 is 15.9 Å². The average molecular weight is 333 g/mol. The number of hydrogen-bond donors (Lipinski definition) is 2. The first kappa shape index (κ1) is 13.6. The molecule has 4 nitrogen and oxygen atoms in total. The largest absolute Gasteiger partial charge is 0.416 e. The number of aromatic nitrogens is 2. The highest BCUT2D eigenvalue weighted by molar-refractivity contribution is 9.10. The quantitative estimate of drug-likeness (QED) is 0.882. The summed E-state index contributed by atoms with van der Waals surface area (Å²) >= 11 is 3.16. The van der Waals surface area contributed by atoms with Crippen LogP contribution in [0.25, 0.3) is 0 Å². The topological polar surface area (TPSA) is 63.8 Å². The van der Waals surface area contributed by atoms with E-state index in [-0.39, 0.29) is 17.5 Å². The molecule has 1 aromatic heterocycles. The first-order chi connectivity index (χ1) is 8.86. The zero-order valence-corrected chi connectivity index (χ0v) is 11.0. The molecule has 0 saturated heterocycles. The average Bonchev–Trinajstić information content (AvgIpc) is 2.30. The van der Waals surface area contributed by atoms with Crippen LogP contribution in [0.3, 0.4) is 0 Å². The predicted octanol–water partition coefficient (Wildman–Crippen LogP) is 3.58. The van der Waals surface area contributed by atoms with Crippen LogP contribution in [-0.4, -0.2) is 9.97 Å². The van der Waals surface area contributed by atoms with Gasteiger partial charge in [-0.1, -0.05) is 0 Å². The van der Waals surface area contributed by atoms with Gasteiger partial charge in [-0.15, -0.1) is 0 Å². The molecule has 0 unspecified atom stereocenters. The second-order valence-electron chi connectivity index (χ2n) is 3.62. The maximum atomic E-state index is 12.6. The van der Waals surface area contributed by atoms with Gasteiger partial charge in [-0.05, 0) is 40.2 Å². The first-order valence-corrected chi connectivity index (χ1v) is 5.88. The molecule has 0 fully saturated rings. The number of halogens is 4. The van der Waals surface area contributed by atoms with Crippen molar-refractivity contribution in [2.75, 3.05) is 11.1 Å². The van der Waals surface area contributed by atoms with Crippen molar-refractivity contribution in [1.29, 1.82) is 0 Å². The fourth-order valence-electron chi connectivity index (χ4n) is 1.35. The molecule has 2 rings (SSSR count). The molecular formula is C11H8BrF3N4. The Kier molecular flexibility index (Phi) is 3.61. The van der Waals surface area contributed by atoms with E-state index in [1.165, 1.54) is 18.3 Å². The van der Waals surface area contributed by atoms with Crippen LogP contribution in [0.5, 0.6) is 0 Å². The Morgan fingerprint density at radius 2 is 1.95 bits per heavy atom. The molecule has 1 aromatic carbocycles. The lowest BCUT2D eigenvalue weighted by atomic mass is 10.2. The van der Waals surface area contributed by atoms with Crippen LogP contribution in [-0.2, 0) is 6.18 Å². The third-order valence-corrected chi connectivity index (χ3v) is 2.91. The van der Waals surface area contributed by atoms with Crippen molar-refractivity contribution in [3.05, 3.63) is 40.5 Å². The Bertz CT molecular complexity index is 601. The highest BCUT2D eigenvalue weighted by Gasteiger charge is 2.30. The Balaban J connectivity index is 2.34. The van der Waals surface area contributed by atoms with Crippen molar-refractivity contribution >= 4 is 33.4 Å². The van der Waals surface area contributed by atoms with E-state index in [1.807, 2.05) is 0 Å². The van der Waals surface area contributed by atoms with E-state index in [0.29, 0.717) is 4.47 Å². The van der Waals surface area contributed by atoms with E-state index in [0.717, 1.165) is 12.1 Å². The van der Waals surface area contributed by atoms with Crippen LogP contribution in [0.15, 0.2) is 34.9 Å². The molecule has 0 radical (unpaired) electrons. The van der Waals surface area contributed by atoms with E-state index in [1.54, 1.807) is 0 Å². The molecule has 0 spiro atoms. The zero-order chi connectivity index (χ0) is 14.0. The Morgan fingerprint density at radius 1 is 1.21 bits per heavy atom. The van der Waals surface area contributed by atoms with Gasteiger partial charge in [-0.2, -0.15) is 18.2 Å². The molecule has 1 heterocycles. The second kappa shape index (κ2) is 5.04. The van der Waals surface area contributed by atoms with Crippen molar-refractivity contribution in [2.24, 2.45) is 0 Å². The van der Waals surface area contributed by atoms with Crippen LogP contribution in [0.1, 0.15) is 5.56 Å². The smallest absolute Gasteiger partial charge is 0.384 e. The number of nitrogens with two attached hydrogens (primary N) is 1. The highest BCUT2D eigenvalue weighted by Crippen LogP contribution is 2.34. The van der Waals surface area contributed by atoms with E-state index in [9.17, 15) is 13.2 Å². The molecule has 0 bridgehead atoms. The van der Waals surface area contributed by atoms with Gasteiger partial charge in [0.1, 0.15) is 5.82 Å². The van der Waals surface area contributed by atoms with Crippen LogP contribution in [0.2, 0.25) is 0 Å². The van der Waals surface area contributed by atoms with E-state index in [4.69, 9.17) is 5.73 Å². The van der Waals surface area contributed by atoms with E-state index < -0.39 is 11.7 Å². The Labute approximate surface area is 115 Å². The number of anilines is 3. The van der Waals surface area contributed by atoms with Crippen LogP contribution < -0.4 is 11.1 Å². The zero-order valence-electron chi connectivity index (χ0n) is 9.37. The molecule has 8 heteroatoms. The summed E-state index contributed by atoms with van der Waals surface area (Å²) in [4.78, 5) is 7.72. The number of hydrogen-bond acceptors (Lipinski definition) is 4. The molecule has 0 aliphatic rings. The van der Waals surface area contributed by atoms with Gasteiger partial charge in [0.25, 0.3) is 0 Å². The maximum Gasteiger partial charge on any atom is 0.416 e. The molecule has 0 aliphatic heterocycles. The lowest BCUT2D eigenvalue weighted by molar-refractivity contribution is -0.137. The predicted molar refractivity (Wildman–Crippen MR) is 68.9 cm³/mol. The van der Waals surface area contributed by atoms with Crippen molar-refractivity contribution in [3.63, 3.8) is 0 Å². The van der Waals surface area contributed by atoms with Gasteiger partial charge in [-0.3, -0.25) is 0 Å². The Morgan fingerprint density at radius 3 is 2.58 bits per heavy atom. The standard InChI is InChI=1S/C11H8BrF3N4/c12-7-2-1-6(11(13,14)15)5-8(7)18-10-17-4-3-9(16)19-10/h1-5H,(H3,16,17,18,19). The molecule has 100 valence electrons. The van der Waals surface area contributed by atoms with Gasteiger partial charge >= 0.3 is 6.18 Å². The molecule has 2 aromatic rings. The molecule has 0 aliphatic carbocycles. The van der Waals surface area contributed by atoms with Crippen molar-refractivity contribution in [2.45, 2.75) is 6.18 Å². The van der Waals surface area contributed by atoms with Gasteiger partial charge in [0, 0.05) is 10.7 Å². The van der Waals surface area contributed by atoms with Crippen molar-refractivity contribution in [3.8, 4) is 0 Å². The minimum absolute atomic E-state index is 0.125. The summed E-state index contributed by atoms with van der Waals surface area (Å²) in [7, 11) is 0. The van der Waals surface area contributed by atoms with Crippen molar-refractivity contribution in [1.82, 2.24) is 9.97 Å². The van der Waals surface area contributed by atoms with Gasteiger partial charge in [0.2, 0.25) is 5.95 Å². The molecular weight excluding hydrogens is 325 g/mol. The lowest BCUT2D eigenvalue weighted by Crippen LogP contribution is -2.06. The van der Waals surface area contributed by atoms with Crippen molar-refractivity contribution < 1.29 is 13.2 Å². The number of nitrogen functional groups attached to an aromatic ring is 1. The SMILES string of the molecule is Nc1ccnc(Nc2cc(C(F)(F)F)ccc2Br)n1. The monoisotopic (exact) mass is 332 g/mol. The number of nitrogens with one attached hydrogen (secondary N) is 1. The summed E-state index contributed by atoms with van der Waals surface area (Å²) in [6, 6.07) is 4.73. The second-order valence-corrected chi connectivity index (χ2v) is 4.48. The van der Waals surface area contributed by atoms with E-state index >= 15 is 0 Å². The first-order valence-electron chi connectivity index (χ1n) is 5.08. The maximum absolute atomic E-state index is 12.6. The van der Waals surface area contributed by atoms with Crippen LogP contribution in [0, 0.1) is 0 Å². The van der Waals surface area contributed by atoms with Gasteiger partial charge in [-0.25, -0.2) is 4.98 Å². The normalized spacial score (nSPS) is 11.4. The summed E-state index contributed by atoms with van der Waals surface area (Å²) < 4.78 is 38.3. The lowest BCUT2D eigenvalue weighted by Gasteiger charge is -2.11. The fraction of sp³-hybridized carbons (Fsp3) is 0.0909. The van der Waals surface area contributed by atoms with E-state index in [2.05, 4.69) is 31.2 Å². The number of nitrogens with zero attached hydrogens (tertiary/aromatic N) is 2. The summed E-state index contributed by atoms with van der Waals surface area (Å²) in [6.45, 7) is 0. The summed E-state index contributed by atoms with van der Waals surface area (Å²) in [5, 5.41) is 2.68. The number of rotatable bonds is 2. The fourth-order valence-corrected chi connectivity index (χ4v) is 1.70. The van der Waals surface area contributed by atoms with Gasteiger partial charge < -0.3 is 11.1 Å². The highest BCUT2D eigenvalue weighted by atomic mass is 79.9. The molecule has 3 N–H and O–H groups in total. The number of alkyl halides is 3. The molecule has 0 saturated carbocycles. The summed E-state index contributed by atoms with van der Waals surface area (Å²) in [5.41, 5.74) is 4.91. The number of benzene rings is 1. The third-order valence-electron chi connectivity index (χ3n) is 2.22. The summed E-state index contributed by atoms with van der Waals surface area (Å²) in [6.07, 6.45) is -3.00. The summed E-state index contributed by atoms with van der Waals surface area (Å²) in [5.74, 6) is 0.348. The molecule has 0 amide bonds. The molecule has 19 heavy (non-hydrogen) atoms. The minimum atomic E-state index is -4.41. The van der Waals surface area contributed by atoms with Crippen LogP contribution in [0.4, 0.5) is 30.6 Å². The minimum Gasteiger partial charge on any atom is -0.384 e. The Hall–Kier alpha value is -1.83. The van der Waals surface area contributed by atoms with Gasteiger partial charge in [0.05, 0.1) is 11.3 Å². The molecule has 0 atom stereocenters.